The van der Waals surface area contributed by atoms with Gasteiger partial charge in [0.15, 0.2) is 6.61 Å². The summed E-state index contributed by atoms with van der Waals surface area (Å²) < 4.78 is 18.8. The lowest BCUT2D eigenvalue weighted by Crippen LogP contribution is -2.58. The van der Waals surface area contributed by atoms with Crippen LogP contribution in [0.5, 0.6) is 5.75 Å². The Balaban J connectivity index is 1.57. The normalized spacial score (nSPS) is 19.8. The molecule has 0 radical (unpaired) electrons. The first-order valence-electron chi connectivity index (χ1n) is 9.84. The number of ether oxygens (including phenoxy) is 1. The van der Waals surface area contributed by atoms with Crippen LogP contribution in [-0.2, 0) is 11.3 Å². The molecule has 6 heteroatoms. The second kappa shape index (κ2) is 9.18. The van der Waals surface area contributed by atoms with E-state index in [0.29, 0.717) is 17.9 Å². The third-order valence-corrected chi connectivity index (χ3v) is 5.42. The monoisotopic (exact) mass is 398 g/mol. The van der Waals surface area contributed by atoms with Crippen molar-refractivity contribution in [3.63, 3.8) is 0 Å². The van der Waals surface area contributed by atoms with Gasteiger partial charge < -0.3 is 9.64 Å². The Kier molecular flexibility index (Phi) is 6.64. The van der Waals surface area contributed by atoms with Crippen molar-refractivity contribution in [1.82, 2.24) is 9.80 Å². The number of rotatable bonds is 6. The largest absolute Gasteiger partial charge is 0.483 e. The van der Waals surface area contributed by atoms with Gasteiger partial charge in [-0.3, -0.25) is 14.5 Å². The van der Waals surface area contributed by atoms with Gasteiger partial charge in [0.25, 0.3) is 5.91 Å². The number of aryl methyl sites for hydroxylation is 1. The van der Waals surface area contributed by atoms with E-state index in [1.807, 2.05) is 18.7 Å². The standard InChI is InChI=1S/C23H27FN2O3/c1-16-10-20(14-27)6-9-22(16)29-15-23(28)26-12-17(2)25(11-18(26)3)13-19-4-7-21(24)8-5-19/h4-10,14,17-18H,11-13,15H2,1-3H3/t17-,18+/m1/s1. The molecule has 2 aromatic carbocycles. The van der Waals surface area contributed by atoms with Gasteiger partial charge in [0, 0.05) is 37.3 Å². The fourth-order valence-corrected chi connectivity index (χ4v) is 3.72. The maximum Gasteiger partial charge on any atom is 0.260 e. The average molecular weight is 398 g/mol. The molecule has 2 atom stereocenters. The van der Waals surface area contributed by atoms with Crippen molar-refractivity contribution in [2.75, 3.05) is 19.7 Å². The predicted molar refractivity (Wildman–Crippen MR) is 110 cm³/mol. The molecule has 1 heterocycles. The number of carbonyl (C=O) groups excluding carboxylic acids is 2. The molecular weight excluding hydrogens is 371 g/mol. The zero-order valence-corrected chi connectivity index (χ0v) is 17.1. The molecule has 1 amide bonds. The number of hydrogen-bond acceptors (Lipinski definition) is 4. The molecule has 1 fully saturated rings. The van der Waals surface area contributed by atoms with Crippen molar-refractivity contribution in [2.24, 2.45) is 0 Å². The SMILES string of the molecule is Cc1cc(C=O)ccc1OCC(=O)N1C[C@@H](C)N(Cc2ccc(F)cc2)C[C@@H]1C. The summed E-state index contributed by atoms with van der Waals surface area (Å²) in [5.74, 6) is 0.325. The molecule has 0 aromatic heterocycles. The molecule has 1 saturated heterocycles. The van der Waals surface area contributed by atoms with Gasteiger partial charge >= 0.3 is 0 Å². The molecule has 1 aliphatic rings. The average Bonchev–Trinajstić information content (AvgIpc) is 2.70. The molecule has 0 saturated carbocycles. The molecule has 0 unspecified atom stereocenters. The summed E-state index contributed by atoms with van der Waals surface area (Å²) in [5, 5.41) is 0. The molecule has 29 heavy (non-hydrogen) atoms. The van der Waals surface area contributed by atoms with Crippen LogP contribution in [0, 0.1) is 12.7 Å². The highest BCUT2D eigenvalue weighted by Gasteiger charge is 2.32. The molecule has 0 N–H and O–H groups in total. The summed E-state index contributed by atoms with van der Waals surface area (Å²) in [6.45, 7) is 8.05. The molecule has 0 spiro atoms. The molecule has 2 aromatic rings. The second-order valence-corrected chi connectivity index (χ2v) is 7.73. The number of amides is 1. The number of benzene rings is 2. The summed E-state index contributed by atoms with van der Waals surface area (Å²) in [6.07, 6.45) is 0.788. The Morgan fingerprint density at radius 1 is 1.14 bits per heavy atom. The summed E-state index contributed by atoms with van der Waals surface area (Å²) in [6, 6.07) is 11.9. The van der Waals surface area contributed by atoms with Crippen LogP contribution in [0.15, 0.2) is 42.5 Å². The van der Waals surface area contributed by atoms with Crippen LogP contribution in [0.2, 0.25) is 0 Å². The Hall–Kier alpha value is -2.73. The topological polar surface area (TPSA) is 49.9 Å². The van der Waals surface area contributed by atoms with E-state index >= 15 is 0 Å². The van der Waals surface area contributed by atoms with Crippen molar-refractivity contribution >= 4 is 12.2 Å². The van der Waals surface area contributed by atoms with Crippen molar-refractivity contribution < 1.29 is 18.7 Å². The first-order valence-corrected chi connectivity index (χ1v) is 9.84. The zero-order valence-electron chi connectivity index (χ0n) is 17.1. The molecule has 1 aliphatic heterocycles. The minimum atomic E-state index is -0.235. The number of piperazine rings is 1. The Morgan fingerprint density at radius 2 is 1.86 bits per heavy atom. The van der Waals surface area contributed by atoms with Gasteiger partial charge in [0.2, 0.25) is 0 Å². The highest BCUT2D eigenvalue weighted by Crippen LogP contribution is 2.21. The van der Waals surface area contributed by atoms with Crippen LogP contribution >= 0.6 is 0 Å². The number of hydrogen-bond donors (Lipinski definition) is 0. The van der Waals surface area contributed by atoms with Crippen LogP contribution in [0.25, 0.3) is 0 Å². The lowest BCUT2D eigenvalue weighted by atomic mass is 10.1. The Labute approximate surface area is 171 Å². The van der Waals surface area contributed by atoms with E-state index in [2.05, 4.69) is 11.8 Å². The Morgan fingerprint density at radius 3 is 2.52 bits per heavy atom. The van der Waals surface area contributed by atoms with E-state index in [4.69, 9.17) is 4.74 Å². The molecular formula is C23H27FN2O3. The third kappa shape index (κ3) is 5.21. The predicted octanol–water partition coefficient (Wildman–Crippen LogP) is 3.45. The fraction of sp³-hybridized carbons (Fsp3) is 0.391. The van der Waals surface area contributed by atoms with Crippen LogP contribution in [-0.4, -0.2) is 53.8 Å². The van der Waals surface area contributed by atoms with E-state index in [0.717, 1.165) is 30.5 Å². The van der Waals surface area contributed by atoms with Crippen LogP contribution in [0.3, 0.4) is 0 Å². The first kappa shape index (κ1) is 21.0. The number of halogens is 1. The third-order valence-electron chi connectivity index (χ3n) is 5.42. The van der Waals surface area contributed by atoms with Gasteiger partial charge in [-0.15, -0.1) is 0 Å². The van der Waals surface area contributed by atoms with Crippen LogP contribution in [0.1, 0.15) is 35.3 Å². The molecule has 0 bridgehead atoms. The van der Waals surface area contributed by atoms with Crippen molar-refractivity contribution in [2.45, 2.75) is 39.4 Å². The molecule has 3 rings (SSSR count). The van der Waals surface area contributed by atoms with Crippen LogP contribution in [0.4, 0.5) is 4.39 Å². The van der Waals surface area contributed by atoms with Gasteiger partial charge in [0.1, 0.15) is 17.9 Å². The van der Waals surface area contributed by atoms with Gasteiger partial charge in [-0.1, -0.05) is 12.1 Å². The maximum atomic E-state index is 13.1. The van der Waals surface area contributed by atoms with Gasteiger partial charge in [0.05, 0.1) is 0 Å². The molecule has 5 nitrogen and oxygen atoms in total. The van der Waals surface area contributed by atoms with Crippen molar-refractivity contribution in [3.05, 3.63) is 65.0 Å². The van der Waals surface area contributed by atoms with Crippen molar-refractivity contribution in [1.29, 1.82) is 0 Å². The minimum Gasteiger partial charge on any atom is -0.483 e. The van der Waals surface area contributed by atoms with E-state index in [9.17, 15) is 14.0 Å². The molecule has 0 aliphatic carbocycles. The summed E-state index contributed by atoms with van der Waals surface area (Å²) in [5.41, 5.74) is 2.47. The van der Waals surface area contributed by atoms with E-state index in [-0.39, 0.29) is 30.4 Å². The van der Waals surface area contributed by atoms with E-state index in [1.165, 1.54) is 12.1 Å². The summed E-state index contributed by atoms with van der Waals surface area (Å²) in [4.78, 5) is 27.8. The number of aldehydes is 1. The highest BCUT2D eigenvalue weighted by molar-refractivity contribution is 5.78. The van der Waals surface area contributed by atoms with Gasteiger partial charge in [-0.05, 0) is 62.2 Å². The van der Waals surface area contributed by atoms with E-state index in [1.54, 1.807) is 30.3 Å². The second-order valence-electron chi connectivity index (χ2n) is 7.73. The smallest absolute Gasteiger partial charge is 0.260 e. The number of carbonyl (C=O) groups is 2. The minimum absolute atomic E-state index is 0.0315. The summed E-state index contributed by atoms with van der Waals surface area (Å²) >= 11 is 0. The molecule has 154 valence electrons. The summed E-state index contributed by atoms with van der Waals surface area (Å²) in [7, 11) is 0. The quantitative estimate of drug-likeness (QED) is 0.700. The van der Waals surface area contributed by atoms with Crippen molar-refractivity contribution in [3.8, 4) is 5.75 Å². The van der Waals surface area contributed by atoms with Gasteiger partial charge in [-0.25, -0.2) is 4.39 Å². The van der Waals surface area contributed by atoms with E-state index < -0.39 is 0 Å². The first-order chi connectivity index (χ1) is 13.9. The fourth-order valence-electron chi connectivity index (χ4n) is 3.72. The maximum absolute atomic E-state index is 13.1. The lowest BCUT2D eigenvalue weighted by molar-refractivity contribution is -0.139. The van der Waals surface area contributed by atoms with Crippen LogP contribution < -0.4 is 4.74 Å². The zero-order chi connectivity index (χ0) is 21.0. The highest BCUT2D eigenvalue weighted by atomic mass is 19.1. The number of nitrogens with zero attached hydrogens (tertiary/aromatic N) is 2. The Bertz CT molecular complexity index is 869. The lowest BCUT2D eigenvalue weighted by Gasteiger charge is -2.44. The van der Waals surface area contributed by atoms with Gasteiger partial charge in [-0.2, -0.15) is 0 Å².